The molecule has 2 aromatic carbocycles. The number of rotatable bonds is 6. The Morgan fingerprint density at radius 2 is 1.48 bits per heavy atom. The standard InChI is InChI=1S/C14H16AsN3O3/c1-18(2)21-15(19)20-14-10-8-13(9-11-14)17-16-12-6-4-3-5-7-12/h3-11,15H,1-2H3/b17-16+. The summed E-state index contributed by atoms with van der Waals surface area (Å²) in [5.41, 5.74) is 1.47. The first-order valence-corrected chi connectivity index (χ1v) is 8.84. The Labute approximate surface area is 128 Å². The van der Waals surface area contributed by atoms with E-state index in [9.17, 15) is 3.74 Å². The molecular weight excluding hydrogens is 333 g/mol. The van der Waals surface area contributed by atoms with Crippen molar-refractivity contribution >= 4 is 26.6 Å². The van der Waals surface area contributed by atoms with E-state index >= 15 is 0 Å². The van der Waals surface area contributed by atoms with Crippen molar-refractivity contribution < 1.29 is 11.3 Å². The molecule has 2 aromatic rings. The number of hydrogen-bond acceptors (Lipinski definition) is 6. The van der Waals surface area contributed by atoms with Crippen molar-refractivity contribution in [1.29, 1.82) is 0 Å². The number of azo groups is 1. The molecule has 110 valence electrons. The molecule has 0 aliphatic rings. The number of benzene rings is 2. The molecule has 0 aliphatic carbocycles. The van der Waals surface area contributed by atoms with Gasteiger partial charge >= 0.3 is 128 Å². The van der Waals surface area contributed by atoms with Gasteiger partial charge in [-0.05, 0) is 0 Å². The maximum absolute atomic E-state index is 11.5. The Kier molecular flexibility index (Phi) is 5.75. The predicted molar refractivity (Wildman–Crippen MR) is 80.3 cm³/mol. The first kappa shape index (κ1) is 15.5. The molecule has 0 N–H and O–H groups in total. The Bertz CT molecular complexity index is 615. The van der Waals surface area contributed by atoms with Crippen LogP contribution in [0, 0.1) is 0 Å². The van der Waals surface area contributed by atoms with Gasteiger partial charge < -0.3 is 0 Å². The van der Waals surface area contributed by atoms with Gasteiger partial charge in [-0.1, -0.05) is 0 Å². The van der Waals surface area contributed by atoms with Crippen molar-refractivity contribution in [3.8, 4) is 5.75 Å². The first-order valence-electron chi connectivity index (χ1n) is 6.27. The van der Waals surface area contributed by atoms with Gasteiger partial charge in [0, 0.05) is 0 Å². The third-order valence-electron chi connectivity index (χ3n) is 2.33. The summed E-state index contributed by atoms with van der Waals surface area (Å²) in [5.74, 6) is 0.487. The molecule has 1 atom stereocenters. The van der Waals surface area contributed by atoms with E-state index in [4.69, 9.17) is 7.55 Å². The van der Waals surface area contributed by atoms with Crippen LogP contribution < -0.4 is 3.73 Å². The second-order valence-electron chi connectivity index (χ2n) is 4.29. The zero-order chi connectivity index (χ0) is 15.1. The molecule has 0 saturated heterocycles. The molecule has 0 spiro atoms. The Morgan fingerprint density at radius 1 is 0.905 bits per heavy atom. The van der Waals surface area contributed by atoms with E-state index in [1.807, 2.05) is 30.3 Å². The van der Waals surface area contributed by atoms with Crippen LogP contribution in [-0.2, 0) is 7.57 Å². The van der Waals surface area contributed by atoms with E-state index in [1.54, 1.807) is 38.4 Å². The average Bonchev–Trinajstić information content (AvgIpc) is 2.47. The van der Waals surface area contributed by atoms with E-state index in [1.165, 1.54) is 5.06 Å². The van der Waals surface area contributed by atoms with Crippen molar-refractivity contribution in [2.45, 2.75) is 0 Å². The molecule has 0 aliphatic heterocycles. The van der Waals surface area contributed by atoms with E-state index < -0.39 is 15.3 Å². The summed E-state index contributed by atoms with van der Waals surface area (Å²) in [6.07, 6.45) is 0. The van der Waals surface area contributed by atoms with E-state index in [0.29, 0.717) is 11.4 Å². The van der Waals surface area contributed by atoms with Gasteiger partial charge in [0.15, 0.2) is 0 Å². The molecule has 1 unspecified atom stereocenters. The van der Waals surface area contributed by atoms with Crippen molar-refractivity contribution in [2.75, 3.05) is 14.1 Å². The summed E-state index contributed by atoms with van der Waals surface area (Å²) in [5, 5.41) is 9.58. The summed E-state index contributed by atoms with van der Waals surface area (Å²) < 4.78 is 21.7. The molecule has 21 heavy (non-hydrogen) atoms. The number of hydroxylamine groups is 2. The minimum absolute atomic E-state index is 0.487. The van der Waals surface area contributed by atoms with Gasteiger partial charge in [0.05, 0.1) is 0 Å². The molecular formula is C14H16AsN3O3. The molecule has 2 rings (SSSR count). The molecule has 6 nitrogen and oxygen atoms in total. The SMILES string of the molecule is CN(C)O[AsH](=O)Oc1ccc(/N=N/c2ccccc2)cc1. The van der Waals surface area contributed by atoms with Gasteiger partial charge in [-0.25, -0.2) is 0 Å². The third-order valence-corrected chi connectivity index (χ3v) is 4.26. The van der Waals surface area contributed by atoms with E-state index in [2.05, 4.69) is 10.2 Å². The van der Waals surface area contributed by atoms with Crippen LogP contribution in [0.25, 0.3) is 0 Å². The second kappa shape index (κ2) is 7.78. The Balaban J connectivity index is 1.96. The van der Waals surface area contributed by atoms with E-state index in [-0.39, 0.29) is 0 Å². The van der Waals surface area contributed by atoms with Crippen LogP contribution in [0.1, 0.15) is 0 Å². The fraction of sp³-hybridized carbons (Fsp3) is 0.143. The molecule has 0 heterocycles. The number of hydrogen-bond donors (Lipinski definition) is 0. The molecule has 0 fully saturated rings. The average molecular weight is 349 g/mol. The summed E-state index contributed by atoms with van der Waals surface area (Å²) in [7, 11) is 3.31. The monoisotopic (exact) mass is 349 g/mol. The normalized spacial score (nSPS) is 12.7. The molecule has 7 heteroatoms. The van der Waals surface area contributed by atoms with Crippen LogP contribution in [0.4, 0.5) is 11.4 Å². The van der Waals surface area contributed by atoms with Gasteiger partial charge in [-0.3, -0.25) is 0 Å². The van der Waals surface area contributed by atoms with Crippen molar-refractivity contribution in [1.82, 2.24) is 5.06 Å². The summed E-state index contributed by atoms with van der Waals surface area (Å²) in [4.78, 5) is 0. The molecule has 0 bridgehead atoms. The fourth-order valence-electron chi connectivity index (χ4n) is 1.45. The Morgan fingerprint density at radius 3 is 2.05 bits per heavy atom. The van der Waals surface area contributed by atoms with Crippen LogP contribution >= 0.6 is 0 Å². The van der Waals surface area contributed by atoms with Crippen LogP contribution in [0.3, 0.4) is 0 Å². The van der Waals surface area contributed by atoms with Gasteiger partial charge in [0.2, 0.25) is 0 Å². The minimum atomic E-state index is -3.21. The van der Waals surface area contributed by atoms with Gasteiger partial charge in [-0.2, -0.15) is 0 Å². The van der Waals surface area contributed by atoms with Crippen LogP contribution in [0.2, 0.25) is 0 Å². The zero-order valence-electron chi connectivity index (χ0n) is 11.8. The summed E-state index contributed by atoms with van der Waals surface area (Å²) in [6.45, 7) is 0. The zero-order valence-corrected chi connectivity index (χ0v) is 13.9. The van der Waals surface area contributed by atoms with Crippen molar-refractivity contribution in [3.63, 3.8) is 0 Å². The van der Waals surface area contributed by atoms with Crippen molar-refractivity contribution in [2.24, 2.45) is 10.2 Å². The fourth-order valence-corrected chi connectivity index (χ4v) is 2.85. The topological polar surface area (TPSA) is 63.5 Å². The summed E-state index contributed by atoms with van der Waals surface area (Å²) in [6, 6.07) is 16.3. The van der Waals surface area contributed by atoms with Gasteiger partial charge in [-0.15, -0.1) is 0 Å². The summed E-state index contributed by atoms with van der Waals surface area (Å²) >= 11 is -3.21. The van der Waals surface area contributed by atoms with Gasteiger partial charge in [0.25, 0.3) is 0 Å². The maximum atomic E-state index is 11.5. The molecule has 0 saturated carbocycles. The van der Waals surface area contributed by atoms with Crippen molar-refractivity contribution in [3.05, 3.63) is 54.6 Å². The van der Waals surface area contributed by atoms with Crippen LogP contribution in [-0.4, -0.2) is 34.4 Å². The third kappa shape index (κ3) is 5.55. The van der Waals surface area contributed by atoms with E-state index in [0.717, 1.165) is 5.69 Å². The quantitative estimate of drug-likeness (QED) is 0.457. The molecule has 0 radical (unpaired) electrons. The molecule has 0 amide bonds. The second-order valence-corrected chi connectivity index (χ2v) is 6.15. The van der Waals surface area contributed by atoms with Crippen LogP contribution in [0.5, 0.6) is 5.75 Å². The van der Waals surface area contributed by atoms with Gasteiger partial charge in [0.1, 0.15) is 0 Å². The number of nitrogens with zero attached hydrogens (tertiary/aromatic N) is 3. The first-order chi connectivity index (χ1) is 10.1. The van der Waals surface area contributed by atoms with Crippen LogP contribution in [0.15, 0.2) is 64.8 Å². The Hall–Kier alpha value is -1.88. The molecule has 0 aromatic heterocycles. The predicted octanol–water partition coefficient (Wildman–Crippen LogP) is 3.12.